The molecule has 2 aromatic rings. The number of nitrogens with zero attached hydrogens (tertiary/aromatic N) is 2. The fourth-order valence-corrected chi connectivity index (χ4v) is 3.92. The zero-order valence-corrected chi connectivity index (χ0v) is 17.1. The van der Waals surface area contributed by atoms with E-state index in [1.54, 1.807) is 6.26 Å². The van der Waals surface area contributed by atoms with Crippen LogP contribution in [0.1, 0.15) is 43.9 Å². The van der Waals surface area contributed by atoms with Crippen molar-refractivity contribution in [2.45, 2.75) is 45.6 Å². The third-order valence-electron chi connectivity index (χ3n) is 5.20. The van der Waals surface area contributed by atoms with Gasteiger partial charge < -0.3 is 19.5 Å². The number of thiocarbonyl (C=S) groups is 1. The van der Waals surface area contributed by atoms with Crippen LogP contribution in [0.15, 0.2) is 47.1 Å². The van der Waals surface area contributed by atoms with Crippen molar-refractivity contribution in [2.75, 3.05) is 31.5 Å². The molecule has 1 aliphatic heterocycles. The molecule has 0 saturated carbocycles. The molecule has 0 atom stereocenters. The van der Waals surface area contributed by atoms with Gasteiger partial charge in [-0.2, -0.15) is 0 Å². The maximum absolute atomic E-state index is 5.77. The van der Waals surface area contributed by atoms with Gasteiger partial charge in [-0.25, -0.2) is 0 Å². The van der Waals surface area contributed by atoms with E-state index >= 15 is 0 Å². The minimum atomic E-state index is 0.702. The van der Waals surface area contributed by atoms with Crippen LogP contribution in [0.4, 0.5) is 5.69 Å². The summed E-state index contributed by atoms with van der Waals surface area (Å²) < 4.78 is 5.57. The topological polar surface area (TPSA) is 31.6 Å². The molecule has 3 rings (SSSR count). The predicted molar refractivity (Wildman–Crippen MR) is 116 cm³/mol. The van der Waals surface area contributed by atoms with Crippen molar-refractivity contribution in [2.24, 2.45) is 0 Å². The molecule has 2 heterocycles. The summed E-state index contributed by atoms with van der Waals surface area (Å²) >= 11 is 5.77. The molecule has 4 nitrogen and oxygen atoms in total. The van der Waals surface area contributed by atoms with E-state index in [-0.39, 0.29) is 0 Å². The molecule has 1 aliphatic rings. The van der Waals surface area contributed by atoms with E-state index in [1.807, 2.05) is 12.1 Å². The molecule has 1 saturated heterocycles. The van der Waals surface area contributed by atoms with Crippen LogP contribution in [-0.2, 0) is 13.0 Å². The number of piperidine rings is 1. The molecule has 1 aromatic carbocycles. The highest BCUT2D eigenvalue weighted by molar-refractivity contribution is 7.80. The summed E-state index contributed by atoms with van der Waals surface area (Å²) in [5, 5.41) is 4.23. The van der Waals surface area contributed by atoms with Crippen LogP contribution in [0.2, 0.25) is 0 Å². The van der Waals surface area contributed by atoms with Gasteiger partial charge in [0.05, 0.1) is 12.8 Å². The van der Waals surface area contributed by atoms with Crippen LogP contribution in [0.5, 0.6) is 0 Å². The van der Waals surface area contributed by atoms with Gasteiger partial charge in [-0.1, -0.05) is 31.5 Å². The Morgan fingerprint density at radius 3 is 2.70 bits per heavy atom. The fourth-order valence-electron chi connectivity index (χ4n) is 3.66. The fraction of sp³-hybridized carbons (Fsp3) is 0.500. The first-order valence-corrected chi connectivity index (χ1v) is 10.6. The smallest absolute Gasteiger partial charge is 0.173 e. The molecule has 0 aliphatic carbocycles. The number of rotatable bonds is 8. The Bertz CT molecular complexity index is 695. The summed E-state index contributed by atoms with van der Waals surface area (Å²) in [6.45, 7) is 7.42. The van der Waals surface area contributed by atoms with E-state index in [4.69, 9.17) is 16.6 Å². The minimum Gasteiger partial charge on any atom is -0.467 e. The number of hydrogen-bond acceptors (Lipinski definition) is 3. The number of aryl methyl sites for hydroxylation is 1. The lowest BCUT2D eigenvalue weighted by atomic mass is 10.1. The van der Waals surface area contributed by atoms with Gasteiger partial charge in [-0.05, 0) is 81.3 Å². The Hall–Kier alpha value is -1.85. The Morgan fingerprint density at radius 1 is 1.15 bits per heavy atom. The quantitative estimate of drug-likeness (QED) is 0.652. The van der Waals surface area contributed by atoms with Crippen molar-refractivity contribution >= 4 is 23.0 Å². The van der Waals surface area contributed by atoms with Gasteiger partial charge in [-0.3, -0.25) is 0 Å². The average molecular weight is 386 g/mol. The van der Waals surface area contributed by atoms with E-state index in [2.05, 4.69) is 46.3 Å². The highest BCUT2D eigenvalue weighted by atomic mass is 32.1. The largest absolute Gasteiger partial charge is 0.467 e. The molecule has 0 spiro atoms. The summed E-state index contributed by atoms with van der Waals surface area (Å²) in [7, 11) is 0. The van der Waals surface area contributed by atoms with Gasteiger partial charge in [0.25, 0.3) is 0 Å². The molecular weight excluding hydrogens is 354 g/mol. The van der Waals surface area contributed by atoms with Gasteiger partial charge in [0.2, 0.25) is 0 Å². The second-order valence-electron chi connectivity index (χ2n) is 7.20. The van der Waals surface area contributed by atoms with Crippen molar-refractivity contribution < 1.29 is 4.42 Å². The third kappa shape index (κ3) is 6.08. The lowest BCUT2D eigenvalue weighted by Gasteiger charge is -2.29. The van der Waals surface area contributed by atoms with E-state index in [9.17, 15) is 0 Å². The Morgan fingerprint density at radius 2 is 1.96 bits per heavy atom. The van der Waals surface area contributed by atoms with Crippen molar-refractivity contribution in [3.8, 4) is 0 Å². The monoisotopic (exact) mass is 385 g/mol. The zero-order valence-electron chi connectivity index (χ0n) is 16.3. The van der Waals surface area contributed by atoms with E-state index in [1.165, 1.54) is 37.9 Å². The number of nitrogens with one attached hydrogen (secondary N) is 1. The number of para-hydroxylation sites is 1. The summed E-state index contributed by atoms with van der Waals surface area (Å²) in [4.78, 5) is 4.81. The van der Waals surface area contributed by atoms with E-state index < -0.39 is 0 Å². The molecule has 1 aromatic heterocycles. The van der Waals surface area contributed by atoms with Crippen molar-refractivity contribution in [3.05, 3.63) is 54.0 Å². The standard InChI is InChI=1S/C22H31N3OS/c1-2-19-10-4-5-12-21(19)23-22(27)25(18-20-11-8-17-26-20)16-9-15-24-13-6-3-7-14-24/h4-5,8,10-12,17H,2-3,6-7,9,13-16,18H2,1H3,(H,23,27). The van der Waals surface area contributed by atoms with Gasteiger partial charge >= 0.3 is 0 Å². The minimum absolute atomic E-state index is 0.702. The highest BCUT2D eigenvalue weighted by Crippen LogP contribution is 2.17. The molecule has 0 radical (unpaired) electrons. The third-order valence-corrected chi connectivity index (χ3v) is 5.57. The summed E-state index contributed by atoms with van der Waals surface area (Å²) in [6, 6.07) is 12.3. The number of furan rings is 1. The Kier molecular flexibility index (Phi) is 7.72. The van der Waals surface area contributed by atoms with Crippen molar-refractivity contribution in [3.63, 3.8) is 0 Å². The predicted octanol–water partition coefficient (Wildman–Crippen LogP) is 4.92. The molecule has 0 unspecified atom stereocenters. The van der Waals surface area contributed by atoms with Crippen LogP contribution in [0.3, 0.4) is 0 Å². The second-order valence-corrected chi connectivity index (χ2v) is 7.58. The van der Waals surface area contributed by atoms with Crippen LogP contribution >= 0.6 is 12.2 Å². The molecular formula is C22H31N3OS. The lowest BCUT2D eigenvalue weighted by molar-refractivity contribution is 0.217. The molecule has 0 bridgehead atoms. The van der Waals surface area contributed by atoms with Gasteiger partial charge in [0.1, 0.15) is 5.76 Å². The number of benzene rings is 1. The van der Waals surface area contributed by atoms with Crippen molar-refractivity contribution in [1.29, 1.82) is 0 Å². The van der Waals surface area contributed by atoms with Gasteiger partial charge in [-0.15, -0.1) is 0 Å². The normalized spacial score (nSPS) is 14.9. The molecule has 1 fully saturated rings. The zero-order chi connectivity index (χ0) is 18.9. The molecule has 1 N–H and O–H groups in total. The maximum atomic E-state index is 5.77. The Balaban J connectivity index is 1.60. The van der Waals surface area contributed by atoms with Gasteiger partial charge in [0.15, 0.2) is 5.11 Å². The molecule has 5 heteroatoms. The van der Waals surface area contributed by atoms with Gasteiger partial charge in [0, 0.05) is 12.2 Å². The van der Waals surface area contributed by atoms with Crippen molar-refractivity contribution in [1.82, 2.24) is 9.80 Å². The summed E-state index contributed by atoms with van der Waals surface area (Å²) in [5.41, 5.74) is 2.39. The first kappa shape index (κ1) is 19.9. The number of anilines is 1. The SMILES string of the molecule is CCc1ccccc1NC(=S)N(CCCN1CCCCC1)Cc1ccco1. The van der Waals surface area contributed by atoms with Crippen LogP contribution < -0.4 is 5.32 Å². The first-order valence-electron chi connectivity index (χ1n) is 10.1. The second kappa shape index (κ2) is 10.5. The first-order chi connectivity index (χ1) is 13.3. The number of likely N-dealkylation sites (tertiary alicyclic amines) is 1. The Labute approximate surface area is 168 Å². The van der Waals surface area contributed by atoms with Crippen LogP contribution in [-0.4, -0.2) is 41.1 Å². The molecule has 0 amide bonds. The highest BCUT2D eigenvalue weighted by Gasteiger charge is 2.15. The summed E-state index contributed by atoms with van der Waals surface area (Å²) in [5.74, 6) is 0.945. The lowest BCUT2D eigenvalue weighted by Crippen LogP contribution is -2.37. The van der Waals surface area contributed by atoms with Crippen LogP contribution in [0.25, 0.3) is 0 Å². The molecule has 146 valence electrons. The maximum Gasteiger partial charge on any atom is 0.173 e. The van der Waals surface area contributed by atoms with Crippen LogP contribution in [0, 0.1) is 0 Å². The summed E-state index contributed by atoms with van der Waals surface area (Å²) in [6.07, 6.45) is 7.88. The van der Waals surface area contributed by atoms with E-state index in [0.29, 0.717) is 6.54 Å². The number of hydrogen-bond donors (Lipinski definition) is 1. The molecule has 27 heavy (non-hydrogen) atoms. The average Bonchev–Trinajstić information content (AvgIpc) is 3.21. The van der Waals surface area contributed by atoms with E-state index in [0.717, 1.165) is 42.5 Å².